The highest BCUT2D eigenvalue weighted by Crippen LogP contribution is 2.18. The Labute approximate surface area is 105 Å². The van der Waals surface area contributed by atoms with E-state index < -0.39 is 0 Å². The number of carbonyl (C=O) groups excluding carboxylic acids is 1. The van der Waals surface area contributed by atoms with E-state index in [0.717, 1.165) is 0 Å². The smallest absolute Gasteiger partial charge is 0.257 e. The minimum Gasteiger partial charge on any atom is -0.481 e. The molecular formula is C13H13N3O2. The van der Waals surface area contributed by atoms with E-state index in [2.05, 4.69) is 10.3 Å². The monoisotopic (exact) mass is 243 g/mol. The third-order valence-corrected chi connectivity index (χ3v) is 2.42. The second kappa shape index (κ2) is 5.18. The van der Waals surface area contributed by atoms with Crippen molar-refractivity contribution >= 4 is 17.3 Å². The van der Waals surface area contributed by atoms with Gasteiger partial charge in [-0.05, 0) is 18.2 Å². The number of para-hydroxylation sites is 2. The number of carbonyl (C=O) groups is 1. The summed E-state index contributed by atoms with van der Waals surface area (Å²) < 4.78 is 4.92. The van der Waals surface area contributed by atoms with E-state index in [4.69, 9.17) is 10.5 Å². The first-order chi connectivity index (χ1) is 8.70. The largest absolute Gasteiger partial charge is 0.481 e. The Hall–Kier alpha value is -2.56. The Morgan fingerprint density at radius 1 is 1.28 bits per heavy atom. The summed E-state index contributed by atoms with van der Waals surface area (Å²) in [6.07, 6.45) is 1.45. The van der Waals surface area contributed by atoms with Gasteiger partial charge in [0.2, 0.25) is 5.88 Å². The summed E-state index contributed by atoms with van der Waals surface area (Å²) in [5.41, 5.74) is 7.29. The van der Waals surface area contributed by atoms with Crippen molar-refractivity contribution < 1.29 is 9.53 Å². The van der Waals surface area contributed by atoms with Crippen LogP contribution in [-0.2, 0) is 0 Å². The lowest BCUT2D eigenvalue weighted by molar-refractivity contribution is 0.102. The van der Waals surface area contributed by atoms with Gasteiger partial charge in [-0.2, -0.15) is 0 Å². The second-order valence-electron chi connectivity index (χ2n) is 3.63. The molecule has 0 bridgehead atoms. The highest BCUT2D eigenvalue weighted by molar-refractivity contribution is 6.05. The van der Waals surface area contributed by atoms with Crippen LogP contribution in [0, 0.1) is 0 Å². The van der Waals surface area contributed by atoms with Crippen LogP contribution in [0.5, 0.6) is 5.88 Å². The number of aromatic nitrogens is 1. The number of rotatable bonds is 3. The van der Waals surface area contributed by atoms with Gasteiger partial charge in [-0.25, -0.2) is 4.98 Å². The summed E-state index contributed by atoms with van der Waals surface area (Å²) in [4.78, 5) is 15.9. The Balaban J connectivity index is 2.14. The molecule has 0 radical (unpaired) electrons. The van der Waals surface area contributed by atoms with Gasteiger partial charge in [0.15, 0.2) is 0 Å². The third kappa shape index (κ3) is 2.57. The first-order valence-electron chi connectivity index (χ1n) is 5.36. The van der Waals surface area contributed by atoms with Gasteiger partial charge in [0.05, 0.1) is 24.0 Å². The minimum absolute atomic E-state index is 0.261. The zero-order valence-corrected chi connectivity index (χ0v) is 9.88. The average Bonchev–Trinajstić information content (AvgIpc) is 2.41. The van der Waals surface area contributed by atoms with Crippen molar-refractivity contribution in [1.82, 2.24) is 4.98 Å². The topological polar surface area (TPSA) is 77.2 Å². The second-order valence-corrected chi connectivity index (χ2v) is 3.63. The van der Waals surface area contributed by atoms with E-state index in [-0.39, 0.29) is 5.91 Å². The molecule has 92 valence electrons. The van der Waals surface area contributed by atoms with Crippen LogP contribution < -0.4 is 15.8 Å². The Morgan fingerprint density at radius 3 is 2.67 bits per heavy atom. The van der Waals surface area contributed by atoms with E-state index in [9.17, 15) is 4.79 Å². The number of nitrogens with zero attached hydrogens (tertiary/aromatic N) is 1. The van der Waals surface area contributed by atoms with Crippen molar-refractivity contribution in [3.63, 3.8) is 0 Å². The lowest BCUT2D eigenvalue weighted by Gasteiger charge is -2.07. The zero-order chi connectivity index (χ0) is 13.0. The quantitative estimate of drug-likeness (QED) is 0.807. The van der Waals surface area contributed by atoms with E-state index in [1.165, 1.54) is 13.3 Å². The van der Waals surface area contributed by atoms with Crippen LogP contribution in [0.2, 0.25) is 0 Å². The number of anilines is 2. The maximum absolute atomic E-state index is 11.9. The molecule has 0 aliphatic heterocycles. The first-order valence-corrected chi connectivity index (χ1v) is 5.36. The Bertz CT molecular complexity index is 552. The van der Waals surface area contributed by atoms with Crippen molar-refractivity contribution in [2.75, 3.05) is 18.2 Å². The molecular weight excluding hydrogens is 230 g/mol. The van der Waals surface area contributed by atoms with Gasteiger partial charge in [-0.1, -0.05) is 12.1 Å². The van der Waals surface area contributed by atoms with Gasteiger partial charge in [0.25, 0.3) is 5.91 Å². The fraction of sp³-hybridized carbons (Fsp3) is 0.0769. The lowest BCUT2D eigenvalue weighted by atomic mass is 10.2. The number of amides is 1. The van der Waals surface area contributed by atoms with Crippen LogP contribution in [-0.4, -0.2) is 18.0 Å². The molecule has 0 aliphatic rings. The maximum Gasteiger partial charge on any atom is 0.257 e. The van der Waals surface area contributed by atoms with Crippen LogP contribution in [0.3, 0.4) is 0 Å². The average molecular weight is 243 g/mol. The molecule has 2 rings (SSSR count). The van der Waals surface area contributed by atoms with Crippen LogP contribution in [0.4, 0.5) is 11.4 Å². The zero-order valence-electron chi connectivity index (χ0n) is 9.88. The minimum atomic E-state index is -0.261. The SMILES string of the molecule is COc1ccc(C(=O)Nc2ccccc2N)cn1. The van der Waals surface area contributed by atoms with E-state index >= 15 is 0 Å². The maximum atomic E-state index is 11.9. The summed E-state index contributed by atoms with van der Waals surface area (Å²) in [6, 6.07) is 10.3. The molecule has 0 atom stereocenters. The van der Waals surface area contributed by atoms with Crippen molar-refractivity contribution in [2.24, 2.45) is 0 Å². The number of pyridine rings is 1. The number of hydrogen-bond donors (Lipinski definition) is 2. The number of methoxy groups -OCH3 is 1. The number of nitrogens with two attached hydrogens (primary N) is 1. The number of hydrogen-bond acceptors (Lipinski definition) is 4. The van der Waals surface area contributed by atoms with Crippen molar-refractivity contribution in [2.45, 2.75) is 0 Å². The van der Waals surface area contributed by atoms with Gasteiger partial charge >= 0.3 is 0 Å². The standard InChI is InChI=1S/C13H13N3O2/c1-18-12-7-6-9(8-15-12)13(17)16-11-5-3-2-4-10(11)14/h2-8H,14H2,1H3,(H,16,17). The first kappa shape index (κ1) is 11.9. The molecule has 3 N–H and O–H groups in total. The van der Waals surface area contributed by atoms with Gasteiger partial charge in [-0.3, -0.25) is 4.79 Å². The Morgan fingerprint density at radius 2 is 2.06 bits per heavy atom. The molecule has 0 spiro atoms. The molecule has 0 unspecified atom stereocenters. The summed E-state index contributed by atoms with van der Waals surface area (Å²) in [6.45, 7) is 0. The molecule has 5 heteroatoms. The number of nitrogens with one attached hydrogen (secondary N) is 1. The molecule has 0 saturated heterocycles. The molecule has 5 nitrogen and oxygen atoms in total. The predicted octanol–water partition coefficient (Wildman–Crippen LogP) is 1.92. The molecule has 0 saturated carbocycles. The summed E-state index contributed by atoms with van der Waals surface area (Å²) in [5.74, 6) is 0.203. The molecule has 1 aromatic heterocycles. The third-order valence-electron chi connectivity index (χ3n) is 2.42. The molecule has 0 aliphatic carbocycles. The molecule has 0 fully saturated rings. The molecule has 1 heterocycles. The van der Waals surface area contributed by atoms with Gasteiger partial charge < -0.3 is 15.8 Å². The van der Waals surface area contributed by atoms with Crippen LogP contribution in [0.25, 0.3) is 0 Å². The number of ether oxygens (including phenoxy) is 1. The summed E-state index contributed by atoms with van der Waals surface area (Å²) in [7, 11) is 1.52. The van der Waals surface area contributed by atoms with E-state index in [1.807, 2.05) is 0 Å². The molecule has 1 aromatic carbocycles. The molecule has 1 amide bonds. The van der Waals surface area contributed by atoms with Crippen molar-refractivity contribution in [1.29, 1.82) is 0 Å². The van der Waals surface area contributed by atoms with Crippen LogP contribution in [0.15, 0.2) is 42.6 Å². The van der Waals surface area contributed by atoms with Crippen molar-refractivity contribution in [3.8, 4) is 5.88 Å². The number of nitrogen functional groups attached to an aromatic ring is 1. The Kier molecular flexibility index (Phi) is 3.43. The van der Waals surface area contributed by atoms with Crippen LogP contribution >= 0.6 is 0 Å². The molecule has 2 aromatic rings. The molecule has 18 heavy (non-hydrogen) atoms. The fourth-order valence-electron chi connectivity index (χ4n) is 1.44. The van der Waals surface area contributed by atoms with Gasteiger partial charge in [0, 0.05) is 12.3 Å². The fourth-order valence-corrected chi connectivity index (χ4v) is 1.44. The van der Waals surface area contributed by atoms with Gasteiger partial charge in [0.1, 0.15) is 0 Å². The predicted molar refractivity (Wildman–Crippen MR) is 69.6 cm³/mol. The van der Waals surface area contributed by atoms with E-state index in [1.54, 1.807) is 36.4 Å². The highest BCUT2D eigenvalue weighted by atomic mass is 16.5. The van der Waals surface area contributed by atoms with E-state index in [0.29, 0.717) is 22.8 Å². The lowest BCUT2D eigenvalue weighted by Crippen LogP contribution is -2.13. The van der Waals surface area contributed by atoms with Crippen LogP contribution in [0.1, 0.15) is 10.4 Å². The summed E-state index contributed by atoms with van der Waals surface area (Å²) in [5, 5.41) is 2.72. The van der Waals surface area contributed by atoms with Crippen molar-refractivity contribution in [3.05, 3.63) is 48.2 Å². The normalized spacial score (nSPS) is 9.83. The highest BCUT2D eigenvalue weighted by Gasteiger charge is 2.08. The summed E-state index contributed by atoms with van der Waals surface area (Å²) >= 11 is 0. The number of benzene rings is 1. The van der Waals surface area contributed by atoms with Gasteiger partial charge in [-0.15, -0.1) is 0 Å².